The Kier molecular flexibility index (Phi) is 2.90. The van der Waals surface area contributed by atoms with Crippen molar-refractivity contribution in [2.24, 2.45) is 0 Å². The van der Waals surface area contributed by atoms with E-state index in [2.05, 4.69) is 9.97 Å². The van der Waals surface area contributed by atoms with Crippen molar-refractivity contribution in [1.29, 1.82) is 0 Å². The molecule has 7 heteroatoms. The molecule has 2 heterocycles. The van der Waals surface area contributed by atoms with Crippen molar-refractivity contribution in [3.8, 4) is 0 Å². The van der Waals surface area contributed by atoms with Crippen LogP contribution in [0.1, 0.15) is 18.1 Å². The SMILES string of the molecule is Nc1ncc(C2CC(O)[C@@H](CO)O2)c(=O)[nH]1. The monoisotopic (exact) mass is 227 g/mol. The highest BCUT2D eigenvalue weighted by Gasteiger charge is 2.35. The molecule has 0 amide bonds. The predicted molar refractivity (Wildman–Crippen MR) is 54.6 cm³/mol. The molecule has 0 saturated carbocycles. The Labute approximate surface area is 90.9 Å². The van der Waals surface area contributed by atoms with E-state index in [9.17, 15) is 9.90 Å². The zero-order valence-corrected chi connectivity index (χ0v) is 8.46. The minimum absolute atomic E-state index is 0.0333. The van der Waals surface area contributed by atoms with Crippen LogP contribution in [0.25, 0.3) is 0 Å². The Morgan fingerprint density at radius 2 is 2.44 bits per heavy atom. The van der Waals surface area contributed by atoms with Gasteiger partial charge in [0.2, 0.25) is 0 Å². The molecule has 0 aromatic carbocycles. The fourth-order valence-corrected chi connectivity index (χ4v) is 1.74. The van der Waals surface area contributed by atoms with Gasteiger partial charge in [0.05, 0.1) is 24.4 Å². The number of nitrogens with one attached hydrogen (secondary N) is 1. The molecule has 88 valence electrons. The Hall–Kier alpha value is -1.44. The highest BCUT2D eigenvalue weighted by molar-refractivity contribution is 5.20. The van der Waals surface area contributed by atoms with Crippen LogP contribution in [-0.2, 0) is 4.74 Å². The second-order valence-electron chi connectivity index (χ2n) is 3.70. The fourth-order valence-electron chi connectivity index (χ4n) is 1.74. The topological polar surface area (TPSA) is 121 Å². The average Bonchev–Trinajstić information content (AvgIpc) is 2.59. The van der Waals surface area contributed by atoms with Crippen LogP contribution in [0.3, 0.4) is 0 Å². The maximum Gasteiger partial charge on any atom is 0.258 e. The van der Waals surface area contributed by atoms with Crippen molar-refractivity contribution < 1.29 is 14.9 Å². The van der Waals surface area contributed by atoms with Crippen LogP contribution >= 0.6 is 0 Å². The highest BCUT2D eigenvalue weighted by atomic mass is 16.5. The van der Waals surface area contributed by atoms with Crippen LogP contribution in [0.4, 0.5) is 5.95 Å². The Morgan fingerprint density at radius 1 is 1.69 bits per heavy atom. The molecule has 2 rings (SSSR count). The first-order valence-corrected chi connectivity index (χ1v) is 4.91. The second-order valence-corrected chi connectivity index (χ2v) is 3.70. The van der Waals surface area contributed by atoms with Gasteiger partial charge in [-0.3, -0.25) is 9.78 Å². The van der Waals surface area contributed by atoms with E-state index in [1.807, 2.05) is 0 Å². The van der Waals surface area contributed by atoms with Gasteiger partial charge in [-0.05, 0) is 0 Å². The number of nitrogens with zero attached hydrogens (tertiary/aromatic N) is 1. The van der Waals surface area contributed by atoms with Gasteiger partial charge in [-0.25, -0.2) is 4.98 Å². The number of hydrogen-bond donors (Lipinski definition) is 4. The molecule has 1 saturated heterocycles. The molecule has 1 aromatic rings. The lowest BCUT2D eigenvalue weighted by Crippen LogP contribution is -2.24. The van der Waals surface area contributed by atoms with Crippen molar-refractivity contribution in [3.63, 3.8) is 0 Å². The van der Waals surface area contributed by atoms with Gasteiger partial charge in [-0.1, -0.05) is 0 Å². The van der Waals surface area contributed by atoms with E-state index >= 15 is 0 Å². The van der Waals surface area contributed by atoms with Gasteiger partial charge in [0.1, 0.15) is 6.10 Å². The number of aliphatic hydroxyl groups excluding tert-OH is 2. The van der Waals surface area contributed by atoms with Gasteiger partial charge in [-0.2, -0.15) is 0 Å². The van der Waals surface area contributed by atoms with E-state index < -0.39 is 18.3 Å². The number of aliphatic hydroxyl groups is 2. The lowest BCUT2D eigenvalue weighted by molar-refractivity contribution is -0.0229. The molecule has 1 aromatic heterocycles. The number of aromatic amines is 1. The average molecular weight is 227 g/mol. The molecule has 0 radical (unpaired) electrons. The number of nitrogens with two attached hydrogens (primary N) is 1. The van der Waals surface area contributed by atoms with Crippen LogP contribution in [0, 0.1) is 0 Å². The third kappa shape index (κ3) is 1.92. The maximum absolute atomic E-state index is 11.5. The smallest absolute Gasteiger partial charge is 0.258 e. The summed E-state index contributed by atoms with van der Waals surface area (Å²) >= 11 is 0. The molecule has 1 aliphatic heterocycles. The summed E-state index contributed by atoms with van der Waals surface area (Å²) in [5.74, 6) is 0.0333. The number of rotatable bonds is 2. The van der Waals surface area contributed by atoms with E-state index in [1.165, 1.54) is 6.20 Å². The predicted octanol–water partition coefficient (Wildman–Crippen LogP) is -1.46. The van der Waals surface area contributed by atoms with Crippen molar-refractivity contribution in [3.05, 3.63) is 22.1 Å². The Bertz CT molecular complexity index is 433. The Balaban J connectivity index is 2.23. The summed E-state index contributed by atoms with van der Waals surface area (Å²) in [7, 11) is 0. The molecule has 2 unspecified atom stereocenters. The van der Waals surface area contributed by atoms with Crippen molar-refractivity contribution in [2.45, 2.75) is 24.7 Å². The Morgan fingerprint density at radius 3 is 3.00 bits per heavy atom. The van der Waals surface area contributed by atoms with Gasteiger partial charge < -0.3 is 20.7 Å². The summed E-state index contributed by atoms with van der Waals surface area (Å²) in [5, 5.41) is 18.4. The van der Waals surface area contributed by atoms with E-state index in [4.69, 9.17) is 15.6 Å². The number of aromatic nitrogens is 2. The van der Waals surface area contributed by atoms with Crippen LogP contribution in [-0.4, -0.2) is 39.0 Å². The summed E-state index contributed by atoms with van der Waals surface area (Å²) in [5.41, 5.74) is 5.23. The molecule has 5 N–H and O–H groups in total. The third-order valence-corrected chi connectivity index (χ3v) is 2.60. The molecule has 0 aliphatic carbocycles. The molecular weight excluding hydrogens is 214 g/mol. The molecule has 16 heavy (non-hydrogen) atoms. The van der Waals surface area contributed by atoms with Crippen LogP contribution in [0.15, 0.2) is 11.0 Å². The first-order chi connectivity index (χ1) is 7.61. The number of nitrogen functional groups attached to an aromatic ring is 1. The normalized spacial score (nSPS) is 29.5. The van der Waals surface area contributed by atoms with Gasteiger partial charge >= 0.3 is 0 Å². The van der Waals surface area contributed by atoms with E-state index in [0.29, 0.717) is 5.56 Å². The molecule has 3 atom stereocenters. The van der Waals surface area contributed by atoms with E-state index in [0.717, 1.165) is 0 Å². The summed E-state index contributed by atoms with van der Waals surface area (Å²) in [6.45, 7) is -0.280. The lowest BCUT2D eigenvalue weighted by atomic mass is 10.1. The zero-order chi connectivity index (χ0) is 11.7. The summed E-state index contributed by atoms with van der Waals surface area (Å²) in [4.78, 5) is 17.6. The standard InChI is InChI=1S/C9H13N3O4/c10-9-11-2-4(8(15)12-9)6-1-5(14)7(3-13)16-6/h2,5-7,13-14H,1,3H2,(H3,10,11,12,15)/t5?,6?,7-/m1/s1. The molecular formula is C9H13N3O4. The molecule has 0 bridgehead atoms. The summed E-state index contributed by atoms with van der Waals surface area (Å²) in [6, 6.07) is 0. The minimum Gasteiger partial charge on any atom is -0.394 e. The summed E-state index contributed by atoms with van der Waals surface area (Å²) in [6.07, 6.45) is -0.386. The fraction of sp³-hybridized carbons (Fsp3) is 0.556. The first kappa shape index (κ1) is 11.1. The molecule has 0 spiro atoms. The van der Waals surface area contributed by atoms with Gasteiger partial charge in [0, 0.05) is 12.6 Å². The van der Waals surface area contributed by atoms with Gasteiger partial charge in [0.25, 0.3) is 5.56 Å². The quantitative estimate of drug-likeness (QED) is 0.489. The van der Waals surface area contributed by atoms with E-state index in [-0.39, 0.29) is 24.5 Å². The summed E-state index contributed by atoms with van der Waals surface area (Å²) < 4.78 is 5.33. The molecule has 7 nitrogen and oxygen atoms in total. The lowest BCUT2D eigenvalue weighted by Gasteiger charge is -2.11. The van der Waals surface area contributed by atoms with Gasteiger partial charge in [-0.15, -0.1) is 0 Å². The third-order valence-electron chi connectivity index (χ3n) is 2.60. The number of hydrogen-bond acceptors (Lipinski definition) is 6. The van der Waals surface area contributed by atoms with Gasteiger partial charge in [0.15, 0.2) is 5.95 Å². The molecule has 1 aliphatic rings. The maximum atomic E-state index is 11.5. The van der Waals surface area contributed by atoms with Crippen molar-refractivity contribution in [2.75, 3.05) is 12.3 Å². The van der Waals surface area contributed by atoms with E-state index in [1.54, 1.807) is 0 Å². The van der Waals surface area contributed by atoms with Crippen molar-refractivity contribution >= 4 is 5.95 Å². The highest BCUT2D eigenvalue weighted by Crippen LogP contribution is 2.30. The minimum atomic E-state index is -0.771. The largest absolute Gasteiger partial charge is 0.394 e. The number of ether oxygens (including phenoxy) is 1. The van der Waals surface area contributed by atoms with Crippen LogP contribution in [0.5, 0.6) is 0 Å². The van der Waals surface area contributed by atoms with Crippen molar-refractivity contribution in [1.82, 2.24) is 9.97 Å². The van der Waals surface area contributed by atoms with Crippen LogP contribution in [0.2, 0.25) is 0 Å². The van der Waals surface area contributed by atoms with Crippen LogP contribution < -0.4 is 11.3 Å². The number of H-pyrrole nitrogens is 1. The first-order valence-electron chi connectivity index (χ1n) is 4.91. The number of anilines is 1. The molecule has 1 fully saturated rings. The zero-order valence-electron chi connectivity index (χ0n) is 8.46. The second kappa shape index (κ2) is 4.20.